The Morgan fingerprint density at radius 1 is 1.10 bits per heavy atom. The van der Waals surface area contributed by atoms with Gasteiger partial charge in [-0.25, -0.2) is 9.59 Å². The lowest BCUT2D eigenvalue weighted by Crippen LogP contribution is -2.59. The molecular formula is C22H33N5O13. The van der Waals surface area contributed by atoms with Crippen molar-refractivity contribution in [2.24, 2.45) is 5.73 Å². The summed E-state index contributed by atoms with van der Waals surface area (Å²) in [5.74, 6) is -2.38. The number of rotatable bonds is 7. The van der Waals surface area contributed by atoms with Gasteiger partial charge in [0.1, 0.15) is 48.8 Å². The maximum absolute atomic E-state index is 13.6. The Morgan fingerprint density at radius 2 is 1.77 bits per heavy atom. The summed E-state index contributed by atoms with van der Waals surface area (Å²) in [4.78, 5) is 53.4. The van der Waals surface area contributed by atoms with Crippen LogP contribution in [0.15, 0.2) is 21.9 Å². The molecule has 3 fully saturated rings. The van der Waals surface area contributed by atoms with Crippen LogP contribution in [0.3, 0.4) is 0 Å². The largest absolute Gasteiger partial charge is 0.480 e. The number of nitrogens with zero attached hydrogens (tertiary/aromatic N) is 3. The van der Waals surface area contributed by atoms with E-state index >= 15 is 0 Å². The minimum absolute atomic E-state index is 0.210. The molecule has 3 aliphatic heterocycles. The van der Waals surface area contributed by atoms with Crippen molar-refractivity contribution in [1.29, 1.82) is 0 Å². The molecule has 0 saturated carbocycles. The highest BCUT2D eigenvalue weighted by atomic mass is 16.7. The molecule has 18 nitrogen and oxygen atoms in total. The quantitative estimate of drug-likeness (QED) is 0.150. The lowest BCUT2D eigenvalue weighted by molar-refractivity contribution is -0.233. The first-order valence-electron chi connectivity index (χ1n) is 12.4. The molecule has 9 N–H and O–H groups in total. The zero-order valence-electron chi connectivity index (χ0n) is 21.5. The van der Waals surface area contributed by atoms with Crippen LogP contribution in [-0.2, 0) is 23.8 Å². The Hall–Kier alpha value is -2.78. The number of hydrogen-bond acceptors (Lipinski definition) is 14. The maximum Gasteiger partial charge on any atom is 0.330 e. The number of likely N-dealkylation sites (N-methyl/N-ethyl adjacent to an activating group) is 2. The van der Waals surface area contributed by atoms with Crippen molar-refractivity contribution in [3.05, 3.63) is 33.1 Å². The van der Waals surface area contributed by atoms with Crippen molar-refractivity contribution in [3.63, 3.8) is 0 Å². The Labute approximate surface area is 225 Å². The van der Waals surface area contributed by atoms with E-state index in [2.05, 4.69) is 0 Å². The standard InChI is InChI=1S/C22H33N5O13/c1-25-6-7(28)10(20(35)36)26(2)18(34)11(25)16(40-21-15(33)12(30)8(5-23)38-21)17-13(31)14(32)19(39-17)27-4-3-9(29)24-22(27)37/h3-4,7-8,10-17,19,21,28,30-33H,5-6,23H2,1-2H3,(H,35,36)(H,24,29,37)/t7-,8?,10?,11-,12?,13?,14?,15?,16-,17?,19?,21?/m0/s1. The molecule has 0 spiro atoms. The van der Waals surface area contributed by atoms with Gasteiger partial charge in [0.25, 0.3) is 5.56 Å². The number of nitrogens with one attached hydrogen (secondary N) is 1. The molecule has 18 heteroatoms. The number of hydrogen-bond donors (Lipinski definition) is 8. The minimum atomic E-state index is -1.84. The van der Waals surface area contributed by atoms with Crippen molar-refractivity contribution in [2.75, 3.05) is 27.2 Å². The van der Waals surface area contributed by atoms with Crippen LogP contribution in [0.5, 0.6) is 0 Å². The molecule has 3 aliphatic rings. The molecule has 1 amide bonds. The molecule has 4 heterocycles. The third kappa shape index (κ3) is 5.30. The van der Waals surface area contributed by atoms with Crippen LogP contribution in [0.1, 0.15) is 6.23 Å². The predicted molar refractivity (Wildman–Crippen MR) is 128 cm³/mol. The second-order valence-electron chi connectivity index (χ2n) is 10.0. The van der Waals surface area contributed by atoms with Crippen LogP contribution in [0.2, 0.25) is 0 Å². The third-order valence-corrected chi connectivity index (χ3v) is 7.46. The summed E-state index contributed by atoms with van der Waals surface area (Å²) in [6.07, 6.45) is -14.8. The number of carboxylic acids is 1. The van der Waals surface area contributed by atoms with Gasteiger partial charge in [-0.2, -0.15) is 0 Å². The van der Waals surface area contributed by atoms with Gasteiger partial charge in [-0.1, -0.05) is 0 Å². The maximum atomic E-state index is 13.6. The van der Waals surface area contributed by atoms with Gasteiger partial charge in [0.15, 0.2) is 18.6 Å². The molecule has 4 rings (SSSR count). The van der Waals surface area contributed by atoms with Crippen LogP contribution in [-0.4, -0.2) is 156 Å². The number of aliphatic hydroxyl groups is 5. The molecule has 224 valence electrons. The predicted octanol–water partition coefficient (Wildman–Crippen LogP) is -6.47. The van der Waals surface area contributed by atoms with Crippen molar-refractivity contribution in [1.82, 2.24) is 19.4 Å². The summed E-state index contributed by atoms with van der Waals surface area (Å²) >= 11 is 0. The lowest BCUT2D eigenvalue weighted by Gasteiger charge is -2.38. The number of carbonyl (C=O) groups is 2. The topological polar surface area (TPSA) is 271 Å². The van der Waals surface area contributed by atoms with Crippen LogP contribution in [0.25, 0.3) is 0 Å². The van der Waals surface area contributed by atoms with E-state index in [0.29, 0.717) is 0 Å². The smallest absolute Gasteiger partial charge is 0.330 e. The van der Waals surface area contributed by atoms with Crippen molar-refractivity contribution >= 4 is 11.9 Å². The van der Waals surface area contributed by atoms with Crippen LogP contribution in [0.4, 0.5) is 0 Å². The first-order valence-corrected chi connectivity index (χ1v) is 12.4. The zero-order valence-corrected chi connectivity index (χ0v) is 21.5. The van der Waals surface area contributed by atoms with Crippen molar-refractivity contribution in [3.8, 4) is 0 Å². The van der Waals surface area contributed by atoms with Crippen LogP contribution < -0.4 is 17.0 Å². The van der Waals surface area contributed by atoms with Gasteiger partial charge in [-0.05, 0) is 7.05 Å². The van der Waals surface area contributed by atoms with E-state index in [-0.39, 0.29) is 13.1 Å². The number of amides is 1. The summed E-state index contributed by atoms with van der Waals surface area (Å²) in [7, 11) is 2.51. The van der Waals surface area contributed by atoms with E-state index in [9.17, 15) is 49.8 Å². The molecule has 0 radical (unpaired) electrons. The molecule has 1 aromatic heterocycles. The average Bonchev–Trinajstić information content (AvgIpc) is 3.29. The van der Waals surface area contributed by atoms with Gasteiger partial charge in [0.2, 0.25) is 5.91 Å². The van der Waals surface area contributed by atoms with Crippen molar-refractivity contribution in [2.45, 2.75) is 73.4 Å². The Kier molecular flexibility index (Phi) is 8.76. The number of aromatic nitrogens is 2. The second-order valence-corrected chi connectivity index (χ2v) is 10.0. The summed E-state index contributed by atoms with van der Waals surface area (Å²) in [6, 6.07) is -2.18. The summed E-state index contributed by atoms with van der Waals surface area (Å²) < 4.78 is 18.1. The Morgan fingerprint density at radius 3 is 2.35 bits per heavy atom. The number of nitrogens with two attached hydrogens (primary N) is 1. The normalized spacial score (nSPS) is 39.9. The van der Waals surface area contributed by atoms with Gasteiger partial charge in [-0.15, -0.1) is 0 Å². The monoisotopic (exact) mass is 575 g/mol. The zero-order chi connectivity index (χ0) is 29.6. The molecule has 40 heavy (non-hydrogen) atoms. The van der Waals surface area contributed by atoms with E-state index in [0.717, 1.165) is 28.8 Å². The molecule has 1 aromatic rings. The summed E-state index contributed by atoms with van der Waals surface area (Å²) in [6.45, 7) is -0.577. The van der Waals surface area contributed by atoms with E-state index in [1.165, 1.54) is 11.9 Å². The van der Waals surface area contributed by atoms with E-state index in [4.69, 9.17) is 19.9 Å². The molecule has 12 atom stereocenters. The fourth-order valence-electron chi connectivity index (χ4n) is 5.35. The number of carboxylic acid groups (broad SMARTS) is 1. The second kappa shape index (κ2) is 11.6. The number of H-pyrrole nitrogens is 1. The van der Waals surface area contributed by atoms with Gasteiger partial charge in [0, 0.05) is 32.4 Å². The van der Waals surface area contributed by atoms with E-state index in [1.807, 2.05) is 4.98 Å². The fourth-order valence-corrected chi connectivity index (χ4v) is 5.35. The highest BCUT2D eigenvalue weighted by Gasteiger charge is 2.56. The average molecular weight is 576 g/mol. The number of aliphatic hydroxyl groups excluding tert-OH is 5. The molecule has 3 saturated heterocycles. The number of carbonyl (C=O) groups excluding carboxylic acids is 1. The summed E-state index contributed by atoms with van der Waals surface area (Å²) in [5.41, 5.74) is 3.87. The Balaban J connectivity index is 1.75. The highest BCUT2D eigenvalue weighted by molar-refractivity contribution is 5.88. The fraction of sp³-hybridized carbons (Fsp3) is 0.727. The van der Waals surface area contributed by atoms with Crippen LogP contribution >= 0.6 is 0 Å². The molecule has 9 unspecified atom stereocenters. The number of β-amino-alcohol motifs (C(OH)–C–C–N with tert-alkyl or cyclic N) is 1. The molecule has 0 bridgehead atoms. The number of ether oxygens (including phenoxy) is 3. The van der Waals surface area contributed by atoms with Crippen molar-refractivity contribution < 1.29 is 54.4 Å². The first kappa shape index (κ1) is 30.2. The molecule has 0 aliphatic carbocycles. The SMILES string of the molecule is CN1C(=O)[C@H]([C@H](OC2OC(CN)C(O)C2O)C2OC(n3ccc(=O)[nH]c3=O)C(O)C2O)N(C)C[C@H](O)C1C(=O)O. The molecule has 0 aromatic carbocycles. The molecular weight excluding hydrogens is 542 g/mol. The van der Waals surface area contributed by atoms with Gasteiger partial charge in [-0.3, -0.25) is 24.0 Å². The van der Waals surface area contributed by atoms with Gasteiger partial charge >= 0.3 is 11.7 Å². The van der Waals surface area contributed by atoms with Gasteiger partial charge in [0.05, 0.1) is 6.10 Å². The number of aromatic amines is 1. The van der Waals surface area contributed by atoms with E-state index < -0.39 is 96.6 Å². The van der Waals surface area contributed by atoms with Crippen LogP contribution in [0, 0.1) is 0 Å². The third-order valence-electron chi connectivity index (χ3n) is 7.46. The summed E-state index contributed by atoms with van der Waals surface area (Å²) in [5, 5.41) is 62.8. The Bertz CT molecular complexity index is 1210. The first-order chi connectivity index (χ1) is 18.8. The van der Waals surface area contributed by atoms with Gasteiger partial charge < -0.3 is 55.5 Å². The van der Waals surface area contributed by atoms with E-state index in [1.54, 1.807) is 0 Å². The lowest BCUT2D eigenvalue weighted by atomic mass is 9.97. The number of aliphatic carboxylic acids is 1. The minimum Gasteiger partial charge on any atom is -0.480 e. The highest BCUT2D eigenvalue weighted by Crippen LogP contribution is 2.36.